The van der Waals surface area contributed by atoms with E-state index >= 15 is 0 Å². The summed E-state index contributed by atoms with van der Waals surface area (Å²) in [6.45, 7) is 4.19. The normalized spacial score (nSPS) is 13.7. The third kappa shape index (κ3) is 61.3. The highest BCUT2D eigenvalue weighted by atomic mass is 16.3. The molecular formula is C71H121NO3. The van der Waals surface area contributed by atoms with Gasteiger partial charge in [-0.1, -0.05) is 314 Å². The molecule has 0 saturated heterocycles. The summed E-state index contributed by atoms with van der Waals surface area (Å²) in [6.07, 6.45) is 101. The van der Waals surface area contributed by atoms with Crippen LogP contribution in [0.15, 0.2) is 134 Å². The molecule has 0 aliphatic rings. The van der Waals surface area contributed by atoms with Crippen LogP contribution in [0, 0.1) is 0 Å². The van der Waals surface area contributed by atoms with Gasteiger partial charge in [0.05, 0.1) is 18.8 Å². The summed E-state index contributed by atoms with van der Waals surface area (Å²) in [7, 11) is 0. The first-order valence-electron chi connectivity index (χ1n) is 31.9. The van der Waals surface area contributed by atoms with E-state index in [0.29, 0.717) is 6.42 Å². The lowest BCUT2D eigenvalue weighted by molar-refractivity contribution is -0.123. The van der Waals surface area contributed by atoms with Crippen molar-refractivity contribution in [3.63, 3.8) is 0 Å². The number of allylic oxidation sites excluding steroid dienone is 21. The Balaban J connectivity index is 3.63. The van der Waals surface area contributed by atoms with Gasteiger partial charge in [0.1, 0.15) is 0 Å². The maximum Gasteiger partial charge on any atom is 0.220 e. The van der Waals surface area contributed by atoms with Crippen molar-refractivity contribution in [2.45, 2.75) is 302 Å². The number of hydrogen-bond acceptors (Lipinski definition) is 3. The van der Waals surface area contributed by atoms with Gasteiger partial charge < -0.3 is 15.5 Å². The van der Waals surface area contributed by atoms with Gasteiger partial charge in [0, 0.05) is 6.42 Å². The second-order valence-corrected chi connectivity index (χ2v) is 21.1. The van der Waals surface area contributed by atoms with Crippen molar-refractivity contribution in [2.75, 3.05) is 6.61 Å². The van der Waals surface area contributed by atoms with E-state index in [1.165, 1.54) is 167 Å². The Hall–Kier alpha value is -3.47. The van der Waals surface area contributed by atoms with Crippen molar-refractivity contribution >= 4 is 5.91 Å². The highest BCUT2D eigenvalue weighted by molar-refractivity contribution is 5.76. The highest BCUT2D eigenvalue weighted by Crippen LogP contribution is 2.17. The summed E-state index contributed by atoms with van der Waals surface area (Å²) in [5.74, 6) is -0.0958. The molecule has 0 saturated carbocycles. The van der Waals surface area contributed by atoms with E-state index in [9.17, 15) is 15.0 Å². The lowest BCUT2D eigenvalue weighted by Crippen LogP contribution is -2.45. The van der Waals surface area contributed by atoms with E-state index in [0.717, 1.165) is 103 Å². The average molecular weight is 1040 g/mol. The average Bonchev–Trinajstić information content (AvgIpc) is 3.41. The van der Waals surface area contributed by atoms with E-state index < -0.39 is 12.1 Å². The van der Waals surface area contributed by atoms with E-state index in [1.54, 1.807) is 6.08 Å². The zero-order chi connectivity index (χ0) is 54.1. The van der Waals surface area contributed by atoms with Crippen molar-refractivity contribution in [1.29, 1.82) is 0 Å². The van der Waals surface area contributed by atoms with Crippen molar-refractivity contribution in [3.05, 3.63) is 134 Å². The fraction of sp³-hybridized carbons (Fsp3) is 0.676. The van der Waals surface area contributed by atoms with Crippen LogP contribution >= 0.6 is 0 Å². The number of carbonyl (C=O) groups excluding carboxylic acids is 1. The maximum atomic E-state index is 12.5. The molecule has 0 aromatic carbocycles. The number of unbranched alkanes of at least 4 members (excludes halogenated alkanes) is 30. The van der Waals surface area contributed by atoms with Crippen LogP contribution in [-0.4, -0.2) is 34.9 Å². The predicted molar refractivity (Wildman–Crippen MR) is 335 cm³/mol. The van der Waals surface area contributed by atoms with Gasteiger partial charge in [0.25, 0.3) is 0 Å². The molecule has 0 rings (SSSR count). The van der Waals surface area contributed by atoms with Crippen LogP contribution in [-0.2, 0) is 4.79 Å². The number of hydrogen-bond donors (Lipinski definition) is 3. The Morgan fingerprint density at radius 2 is 0.600 bits per heavy atom. The molecule has 0 bridgehead atoms. The van der Waals surface area contributed by atoms with Crippen LogP contribution in [0.4, 0.5) is 0 Å². The molecule has 0 radical (unpaired) electrons. The number of carbonyl (C=O) groups is 1. The molecule has 3 N–H and O–H groups in total. The topological polar surface area (TPSA) is 69.6 Å². The minimum absolute atomic E-state index is 0.0958. The van der Waals surface area contributed by atoms with Crippen LogP contribution in [0.3, 0.4) is 0 Å². The second kappa shape index (κ2) is 64.8. The summed E-state index contributed by atoms with van der Waals surface area (Å²) in [5.41, 5.74) is 0. The molecule has 0 aliphatic carbocycles. The van der Waals surface area contributed by atoms with E-state index in [4.69, 9.17) is 0 Å². The van der Waals surface area contributed by atoms with Gasteiger partial charge in [-0.15, -0.1) is 0 Å². The van der Waals surface area contributed by atoms with Crippen LogP contribution in [0.2, 0.25) is 0 Å². The van der Waals surface area contributed by atoms with E-state index in [2.05, 4.69) is 141 Å². The van der Waals surface area contributed by atoms with Gasteiger partial charge in [0.15, 0.2) is 0 Å². The van der Waals surface area contributed by atoms with E-state index in [-0.39, 0.29) is 12.5 Å². The van der Waals surface area contributed by atoms with Crippen LogP contribution in [0.5, 0.6) is 0 Å². The Labute approximate surface area is 466 Å². The van der Waals surface area contributed by atoms with Gasteiger partial charge in [-0.3, -0.25) is 4.79 Å². The highest BCUT2D eigenvalue weighted by Gasteiger charge is 2.18. The molecule has 0 heterocycles. The standard InChI is InChI=1S/C71H121NO3/c1-3-5-7-9-11-13-15-17-19-21-23-25-27-29-31-33-35-36-37-39-41-43-45-47-49-51-53-55-57-59-61-63-65-67-71(75)72-69(68-73)70(74)66-64-62-60-58-56-54-52-50-48-46-44-42-40-38-34-32-30-28-26-24-22-20-18-16-14-12-10-8-6-4-2/h5,7,11,13,17,19,23,25,29,31,35-36,39,41,45,47,51,53,56,58,64,66,69-70,73-74H,3-4,6,8-10,12,14-16,18,20-22,24,26-28,30,32-34,37-38,40,42-44,46,48-50,52,54-55,57,59-63,65,67-68H2,1-2H3,(H,72,75)/b7-5-,13-11-,19-17-,25-23-,31-29-,36-35-,41-39-,47-45-,53-51-,58-56+,66-64+. The first-order chi connectivity index (χ1) is 37.2. The molecular weight excluding hydrogens is 915 g/mol. The number of rotatable bonds is 57. The van der Waals surface area contributed by atoms with E-state index in [1.807, 2.05) is 6.08 Å². The summed E-state index contributed by atoms with van der Waals surface area (Å²) in [5, 5.41) is 23.2. The zero-order valence-corrected chi connectivity index (χ0v) is 49.3. The summed E-state index contributed by atoms with van der Waals surface area (Å²) in [6, 6.07) is -0.662. The number of aliphatic hydroxyl groups excluding tert-OH is 2. The molecule has 0 aromatic heterocycles. The van der Waals surface area contributed by atoms with Gasteiger partial charge in [-0.05, 0) is 103 Å². The number of nitrogens with one attached hydrogen (secondary N) is 1. The first-order valence-corrected chi connectivity index (χ1v) is 31.9. The minimum Gasteiger partial charge on any atom is -0.394 e. The smallest absolute Gasteiger partial charge is 0.220 e. The summed E-state index contributed by atoms with van der Waals surface area (Å²) < 4.78 is 0. The van der Waals surface area contributed by atoms with Gasteiger partial charge in [-0.2, -0.15) is 0 Å². The molecule has 2 atom stereocenters. The third-order valence-corrected chi connectivity index (χ3v) is 13.9. The Morgan fingerprint density at radius 3 is 0.933 bits per heavy atom. The largest absolute Gasteiger partial charge is 0.394 e. The molecule has 4 nitrogen and oxygen atoms in total. The van der Waals surface area contributed by atoms with Gasteiger partial charge in [0.2, 0.25) is 5.91 Å². The van der Waals surface area contributed by atoms with Crippen LogP contribution < -0.4 is 5.32 Å². The van der Waals surface area contributed by atoms with Crippen molar-refractivity contribution < 1.29 is 15.0 Å². The number of amides is 1. The molecule has 0 aliphatic heterocycles. The molecule has 0 aromatic rings. The molecule has 2 unspecified atom stereocenters. The van der Waals surface area contributed by atoms with Gasteiger partial charge >= 0.3 is 0 Å². The molecule has 75 heavy (non-hydrogen) atoms. The number of aliphatic hydroxyl groups is 2. The molecule has 0 fully saturated rings. The van der Waals surface area contributed by atoms with Crippen LogP contribution in [0.1, 0.15) is 290 Å². The van der Waals surface area contributed by atoms with Crippen LogP contribution in [0.25, 0.3) is 0 Å². The monoisotopic (exact) mass is 1040 g/mol. The predicted octanol–water partition coefficient (Wildman–Crippen LogP) is 21.8. The summed E-state index contributed by atoms with van der Waals surface area (Å²) >= 11 is 0. The Bertz CT molecular complexity index is 1500. The Morgan fingerprint density at radius 1 is 0.333 bits per heavy atom. The van der Waals surface area contributed by atoms with Crippen molar-refractivity contribution in [1.82, 2.24) is 5.32 Å². The third-order valence-electron chi connectivity index (χ3n) is 13.9. The molecule has 428 valence electrons. The molecule has 4 heteroatoms. The SMILES string of the molecule is CC/C=C\C/C=C\C/C=C\C/C=C\C/C=C\C/C=C\C/C=C\C/C=C\C/C=C\CCCCCCCC(=O)NC(CO)C(O)/C=C/CC/C=C/CCCCCCCCCCCCCCCCCCCCCCCCCC. The lowest BCUT2D eigenvalue weighted by atomic mass is 10.0. The lowest BCUT2D eigenvalue weighted by Gasteiger charge is -2.19. The van der Waals surface area contributed by atoms with Crippen molar-refractivity contribution in [3.8, 4) is 0 Å². The fourth-order valence-corrected chi connectivity index (χ4v) is 9.07. The molecule has 1 amide bonds. The maximum absolute atomic E-state index is 12.5. The molecule has 0 spiro atoms. The Kier molecular flexibility index (Phi) is 61.8. The minimum atomic E-state index is -0.883. The fourth-order valence-electron chi connectivity index (χ4n) is 9.07. The zero-order valence-electron chi connectivity index (χ0n) is 49.3. The van der Waals surface area contributed by atoms with Gasteiger partial charge in [-0.25, -0.2) is 0 Å². The second-order valence-electron chi connectivity index (χ2n) is 21.1. The summed E-state index contributed by atoms with van der Waals surface area (Å²) in [4.78, 5) is 12.5. The first kappa shape index (κ1) is 71.5. The quantitative estimate of drug-likeness (QED) is 0.0420. The van der Waals surface area contributed by atoms with Crippen molar-refractivity contribution in [2.24, 2.45) is 0 Å².